The van der Waals surface area contributed by atoms with Gasteiger partial charge in [-0.2, -0.15) is 31.4 Å². The van der Waals surface area contributed by atoms with Crippen LogP contribution >= 0.6 is 46.6 Å². The molecule has 0 fully saturated rings. The zero-order chi connectivity index (χ0) is 33.0. The number of phenolic OH excluding ortho intramolecular Hbond substituents is 2. The van der Waals surface area contributed by atoms with Gasteiger partial charge >= 0.3 is 12.4 Å². The summed E-state index contributed by atoms with van der Waals surface area (Å²) < 4.78 is 80.1. The number of aromatic amines is 2. The highest BCUT2D eigenvalue weighted by molar-refractivity contribution is 7.99. The van der Waals surface area contributed by atoms with Gasteiger partial charge in [-0.25, -0.2) is 4.98 Å². The second-order valence-electron chi connectivity index (χ2n) is 9.00. The molecule has 0 saturated heterocycles. The van der Waals surface area contributed by atoms with Crippen LogP contribution in [0, 0.1) is 0 Å². The maximum absolute atomic E-state index is 13.8. The van der Waals surface area contributed by atoms with Crippen LogP contribution in [0.1, 0.15) is 43.2 Å². The number of aromatic nitrogens is 5. The van der Waals surface area contributed by atoms with Gasteiger partial charge in [0, 0.05) is 0 Å². The molecular formula is C26H12Cl3F6N5O4S. The van der Waals surface area contributed by atoms with E-state index in [9.17, 15) is 46.1 Å². The van der Waals surface area contributed by atoms with Crippen LogP contribution in [-0.4, -0.2) is 46.5 Å². The Morgan fingerprint density at radius 1 is 0.844 bits per heavy atom. The molecule has 2 aromatic carbocycles. The molecular weight excluding hydrogens is 699 g/mol. The maximum atomic E-state index is 13.8. The Hall–Kier alpha value is -4.12. The fourth-order valence-corrected chi connectivity index (χ4v) is 5.70. The molecule has 3 aromatic heterocycles. The molecule has 0 aliphatic carbocycles. The van der Waals surface area contributed by atoms with Crippen molar-refractivity contribution in [2.45, 2.75) is 22.5 Å². The molecule has 0 saturated carbocycles. The van der Waals surface area contributed by atoms with Crippen molar-refractivity contribution in [3.05, 3.63) is 97.6 Å². The number of hydrogen-bond acceptors (Lipinski definition) is 7. The number of nitrogens with zero attached hydrogens (tertiary/aromatic N) is 3. The van der Waals surface area contributed by atoms with Crippen LogP contribution in [0.4, 0.5) is 26.3 Å². The number of hydrogen-bond donors (Lipinski definition) is 4. The Morgan fingerprint density at radius 3 is 1.89 bits per heavy atom. The van der Waals surface area contributed by atoms with Gasteiger partial charge in [0.05, 0.1) is 38.7 Å². The highest BCUT2D eigenvalue weighted by Gasteiger charge is 2.35. The Kier molecular flexibility index (Phi) is 8.37. The molecule has 3 heterocycles. The van der Waals surface area contributed by atoms with Gasteiger partial charge in [-0.3, -0.25) is 19.3 Å². The lowest BCUT2D eigenvalue weighted by Gasteiger charge is -2.15. The molecule has 0 aliphatic heterocycles. The largest absolute Gasteiger partial charge is 0.507 e. The second-order valence-corrected chi connectivity index (χ2v) is 11.1. The van der Waals surface area contributed by atoms with Crippen molar-refractivity contribution in [2.75, 3.05) is 0 Å². The van der Waals surface area contributed by atoms with E-state index < -0.39 is 74.1 Å². The van der Waals surface area contributed by atoms with Gasteiger partial charge in [0.15, 0.2) is 5.16 Å². The third kappa shape index (κ3) is 6.10. The molecule has 0 unspecified atom stereocenters. The number of carbonyl (C=O) groups is 2. The lowest BCUT2D eigenvalue weighted by atomic mass is 10.0. The number of phenols is 2. The zero-order valence-corrected chi connectivity index (χ0v) is 24.6. The minimum Gasteiger partial charge on any atom is -0.507 e. The number of halogens is 9. The summed E-state index contributed by atoms with van der Waals surface area (Å²) in [6, 6.07) is 4.31. The molecule has 0 aliphatic rings. The van der Waals surface area contributed by atoms with Crippen LogP contribution in [0.2, 0.25) is 15.2 Å². The predicted octanol–water partition coefficient (Wildman–Crippen LogP) is 7.95. The van der Waals surface area contributed by atoms with E-state index in [2.05, 4.69) is 20.2 Å². The molecule has 5 aromatic rings. The van der Waals surface area contributed by atoms with E-state index in [0.717, 1.165) is 34.8 Å². The van der Waals surface area contributed by atoms with Crippen molar-refractivity contribution in [2.24, 2.45) is 0 Å². The quantitative estimate of drug-likeness (QED) is 0.0994. The normalized spacial score (nSPS) is 12.1. The van der Waals surface area contributed by atoms with Gasteiger partial charge in [-0.05, 0) is 54.2 Å². The summed E-state index contributed by atoms with van der Waals surface area (Å²) >= 11 is 19.9. The SMILES string of the molecule is O=C(c1ccc(C(F)(F)F)cc1O)c1[nH]c(Cl)c(Cl)c1-n1c(C(=O)c2ccc(C(F)(F)F)cc2O)cc(Cl)c1Sc1ncn[nH]1. The summed E-state index contributed by atoms with van der Waals surface area (Å²) in [5.74, 6) is -4.29. The molecule has 0 amide bonds. The van der Waals surface area contributed by atoms with Gasteiger partial charge in [0.1, 0.15) is 38.7 Å². The Balaban J connectivity index is 1.73. The molecule has 0 radical (unpaired) electrons. The van der Waals surface area contributed by atoms with Gasteiger partial charge in [-0.15, -0.1) is 0 Å². The zero-order valence-electron chi connectivity index (χ0n) is 21.5. The molecule has 45 heavy (non-hydrogen) atoms. The van der Waals surface area contributed by atoms with Crippen molar-refractivity contribution in [3.63, 3.8) is 0 Å². The van der Waals surface area contributed by atoms with E-state index in [1.807, 2.05) is 0 Å². The number of alkyl halides is 6. The minimum absolute atomic E-state index is 0.0635. The topological polar surface area (TPSA) is 137 Å². The molecule has 234 valence electrons. The molecule has 9 nitrogen and oxygen atoms in total. The number of benzene rings is 2. The average Bonchev–Trinajstić information content (AvgIpc) is 3.66. The van der Waals surface area contributed by atoms with E-state index in [0.29, 0.717) is 30.3 Å². The molecule has 0 atom stereocenters. The van der Waals surface area contributed by atoms with Crippen LogP contribution in [0.5, 0.6) is 11.5 Å². The average molecular weight is 711 g/mol. The lowest BCUT2D eigenvalue weighted by Crippen LogP contribution is -2.14. The minimum atomic E-state index is -4.84. The monoisotopic (exact) mass is 709 g/mol. The molecule has 19 heteroatoms. The van der Waals surface area contributed by atoms with Gasteiger partial charge in [0.2, 0.25) is 11.6 Å². The smallest absolute Gasteiger partial charge is 0.416 e. The Labute approximate surface area is 265 Å². The number of nitrogens with one attached hydrogen (secondary N) is 2. The highest BCUT2D eigenvalue weighted by Crippen LogP contribution is 2.44. The number of aromatic hydroxyl groups is 2. The Morgan fingerprint density at radius 2 is 1.40 bits per heavy atom. The van der Waals surface area contributed by atoms with Crippen molar-refractivity contribution >= 4 is 58.1 Å². The van der Waals surface area contributed by atoms with Gasteiger partial charge < -0.3 is 15.2 Å². The molecule has 0 spiro atoms. The maximum Gasteiger partial charge on any atom is 0.416 e. The first-order chi connectivity index (χ1) is 21.0. The van der Waals surface area contributed by atoms with E-state index in [1.54, 1.807) is 0 Å². The standard InChI is InChI=1S/C26H12Cl3F6N5O4S/c27-13-7-14(20(43)11-3-1-9(5-15(11)41)25(30,31)32)40(23(13)45-24-36-8-37-39-24)19-17(28)22(29)38-18(19)21(44)12-4-2-10(6-16(12)42)26(33,34)35/h1-8,38,41-42H,(H,36,37,39). The third-order valence-corrected chi connectivity index (χ3v) is 8.33. The fraction of sp³-hybridized carbons (Fsp3) is 0.0769. The number of rotatable bonds is 7. The lowest BCUT2D eigenvalue weighted by molar-refractivity contribution is -0.138. The van der Waals surface area contributed by atoms with E-state index in [1.165, 1.54) is 0 Å². The van der Waals surface area contributed by atoms with Gasteiger partial charge in [-0.1, -0.05) is 34.8 Å². The van der Waals surface area contributed by atoms with E-state index in [-0.39, 0.29) is 26.0 Å². The van der Waals surface area contributed by atoms with Crippen LogP contribution < -0.4 is 0 Å². The first-order valence-electron chi connectivity index (χ1n) is 11.9. The summed E-state index contributed by atoms with van der Waals surface area (Å²) in [4.78, 5) is 33.8. The predicted molar refractivity (Wildman–Crippen MR) is 149 cm³/mol. The number of ketones is 2. The second kappa shape index (κ2) is 11.7. The number of H-pyrrole nitrogens is 2. The first kappa shape index (κ1) is 32.3. The van der Waals surface area contributed by atoms with Crippen molar-refractivity contribution in [1.29, 1.82) is 0 Å². The number of carbonyl (C=O) groups excluding carboxylic acids is 2. The van der Waals surface area contributed by atoms with Crippen LogP contribution in [0.25, 0.3) is 5.69 Å². The first-order valence-corrected chi connectivity index (χ1v) is 13.9. The summed E-state index contributed by atoms with van der Waals surface area (Å²) in [6.07, 6.45) is -8.53. The van der Waals surface area contributed by atoms with Crippen molar-refractivity contribution in [3.8, 4) is 17.2 Å². The summed E-state index contributed by atoms with van der Waals surface area (Å²) in [6.45, 7) is 0. The van der Waals surface area contributed by atoms with Crippen molar-refractivity contribution in [1.82, 2.24) is 24.7 Å². The third-order valence-electron chi connectivity index (χ3n) is 6.19. The highest BCUT2D eigenvalue weighted by atomic mass is 35.5. The molecule has 0 bridgehead atoms. The summed E-state index contributed by atoms with van der Waals surface area (Å²) in [5.41, 5.74) is -5.05. The van der Waals surface area contributed by atoms with Crippen LogP contribution in [0.3, 0.4) is 0 Å². The molecule has 4 N–H and O–H groups in total. The fourth-order valence-electron chi connectivity index (χ4n) is 4.17. The van der Waals surface area contributed by atoms with Gasteiger partial charge in [0.25, 0.3) is 0 Å². The molecule has 5 rings (SSSR count). The van der Waals surface area contributed by atoms with Crippen LogP contribution in [0.15, 0.2) is 59.0 Å². The van der Waals surface area contributed by atoms with E-state index in [4.69, 9.17) is 34.8 Å². The van der Waals surface area contributed by atoms with Crippen molar-refractivity contribution < 1.29 is 46.1 Å². The Bertz CT molecular complexity index is 1970. The summed E-state index contributed by atoms with van der Waals surface area (Å²) in [7, 11) is 0. The van der Waals surface area contributed by atoms with Crippen LogP contribution in [-0.2, 0) is 12.4 Å². The van der Waals surface area contributed by atoms with E-state index >= 15 is 0 Å². The summed E-state index contributed by atoms with van der Waals surface area (Å²) in [5, 5.41) is 26.1.